The molecule has 0 saturated heterocycles. The Bertz CT molecular complexity index is 963. The molecule has 1 aliphatic heterocycles. The summed E-state index contributed by atoms with van der Waals surface area (Å²) in [5, 5.41) is 11.2. The van der Waals surface area contributed by atoms with E-state index < -0.39 is 16.7 Å². The van der Waals surface area contributed by atoms with E-state index in [0.29, 0.717) is 0 Å². The molecule has 0 fully saturated rings. The van der Waals surface area contributed by atoms with Crippen molar-refractivity contribution in [2.75, 3.05) is 0 Å². The number of amides is 2. The summed E-state index contributed by atoms with van der Waals surface area (Å²) in [6.07, 6.45) is 0. The quantitative estimate of drug-likeness (QED) is 0.461. The highest BCUT2D eigenvalue weighted by Crippen LogP contribution is 2.33. The summed E-state index contributed by atoms with van der Waals surface area (Å²) < 4.78 is 0. The molecular formula is C21H22N2O4. The number of carbonyl (C=O) groups excluding carboxylic acids is 2. The van der Waals surface area contributed by atoms with Crippen molar-refractivity contribution < 1.29 is 14.5 Å². The Morgan fingerprint density at radius 3 is 2.15 bits per heavy atom. The molecule has 3 rings (SSSR count). The second-order valence-electron chi connectivity index (χ2n) is 7.99. The number of nitrogens with zero attached hydrogens (tertiary/aromatic N) is 2. The fraction of sp³-hybridized carbons (Fsp3) is 0.333. The first-order valence-corrected chi connectivity index (χ1v) is 8.76. The molecule has 0 radical (unpaired) electrons. The first-order valence-electron chi connectivity index (χ1n) is 8.76. The predicted molar refractivity (Wildman–Crippen MR) is 102 cm³/mol. The van der Waals surface area contributed by atoms with Crippen LogP contribution in [0.15, 0.2) is 30.3 Å². The number of imide groups is 1. The standard InChI is InChI=1S/C21H22N2O4/c1-12-9-14(21(3,4)5)10-13(2)16(12)11-22-19(24)15-7-6-8-17(23(26)27)18(15)20(22)25/h6-10H,11H2,1-5H3. The van der Waals surface area contributed by atoms with Gasteiger partial charge < -0.3 is 0 Å². The average molecular weight is 366 g/mol. The van der Waals surface area contributed by atoms with Crippen LogP contribution in [0.4, 0.5) is 5.69 Å². The molecule has 27 heavy (non-hydrogen) atoms. The Hall–Kier alpha value is -3.02. The molecule has 6 nitrogen and oxygen atoms in total. The average Bonchev–Trinajstić information content (AvgIpc) is 2.81. The smallest absolute Gasteiger partial charge is 0.270 e. The van der Waals surface area contributed by atoms with Crippen molar-refractivity contribution in [2.45, 2.75) is 46.6 Å². The van der Waals surface area contributed by atoms with Crippen LogP contribution < -0.4 is 0 Å². The zero-order valence-corrected chi connectivity index (χ0v) is 16.1. The first-order chi connectivity index (χ1) is 12.5. The van der Waals surface area contributed by atoms with Crippen LogP contribution in [0.1, 0.15) is 63.7 Å². The lowest BCUT2D eigenvalue weighted by Gasteiger charge is -2.24. The molecular weight excluding hydrogens is 344 g/mol. The minimum Gasteiger partial charge on any atom is -0.270 e. The SMILES string of the molecule is Cc1cc(C(C)(C)C)cc(C)c1CN1C(=O)c2cccc([N+](=O)[O-])c2C1=O. The van der Waals surface area contributed by atoms with Crippen LogP contribution >= 0.6 is 0 Å². The minimum atomic E-state index is -0.623. The van der Waals surface area contributed by atoms with E-state index in [9.17, 15) is 19.7 Å². The van der Waals surface area contributed by atoms with Gasteiger partial charge >= 0.3 is 0 Å². The fourth-order valence-electron chi connectivity index (χ4n) is 3.45. The Morgan fingerprint density at radius 2 is 1.63 bits per heavy atom. The van der Waals surface area contributed by atoms with Crippen molar-refractivity contribution in [1.29, 1.82) is 0 Å². The fourth-order valence-corrected chi connectivity index (χ4v) is 3.45. The molecule has 0 N–H and O–H groups in total. The van der Waals surface area contributed by atoms with Crippen LogP contribution in [-0.4, -0.2) is 21.6 Å². The number of fused-ring (bicyclic) bond motifs is 1. The number of hydrogen-bond acceptors (Lipinski definition) is 4. The highest BCUT2D eigenvalue weighted by Gasteiger charge is 2.41. The Morgan fingerprint density at radius 1 is 1.04 bits per heavy atom. The summed E-state index contributed by atoms with van der Waals surface area (Å²) in [6, 6.07) is 8.29. The van der Waals surface area contributed by atoms with Gasteiger partial charge in [-0.1, -0.05) is 39.0 Å². The van der Waals surface area contributed by atoms with Crippen LogP contribution in [0.25, 0.3) is 0 Å². The lowest BCUT2D eigenvalue weighted by Crippen LogP contribution is -2.30. The number of benzene rings is 2. The summed E-state index contributed by atoms with van der Waals surface area (Å²) in [5.74, 6) is -1.10. The summed E-state index contributed by atoms with van der Waals surface area (Å²) in [6.45, 7) is 10.4. The maximum absolute atomic E-state index is 12.8. The number of nitro groups is 1. The maximum Gasteiger partial charge on any atom is 0.282 e. The van der Waals surface area contributed by atoms with E-state index in [-0.39, 0.29) is 28.8 Å². The number of rotatable bonds is 3. The lowest BCUT2D eigenvalue weighted by atomic mass is 9.84. The highest BCUT2D eigenvalue weighted by molar-refractivity contribution is 6.23. The monoisotopic (exact) mass is 366 g/mol. The van der Waals surface area contributed by atoms with Crippen molar-refractivity contribution in [2.24, 2.45) is 0 Å². The molecule has 2 aromatic carbocycles. The van der Waals surface area contributed by atoms with Gasteiger partial charge in [0.15, 0.2) is 0 Å². The van der Waals surface area contributed by atoms with Crippen molar-refractivity contribution in [3.05, 3.63) is 73.8 Å². The molecule has 0 saturated carbocycles. The number of hydrogen-bond donors (Lipinski definition) is 0. The molecule has 0 aliphatic carbocycles. The lowest BCUT2D eigenvalue weighted by molar-refractivity contribution is -0.385. The van der Waals surface area contributed by atoms with Gasteiger partial charge in [0.25, 0.3) is 17.5 Å². The Labute approximate surface area is 158 Å². The maximum atomic E-state index is 12.8. The van der Waals surface area contributed by atoms with Gasteiger partial charge in [-0.25, -0.2) is 0 Å². The van der Waals surface area contributed by atoms with E-state index >= 15 is 0 Å². The largest absolute Gasteiger partial charge is 0.282 e. The highest BCUT2D eigenvalue weighted by atomic mass is 16.6. The Kier molecular flexibility index (Phi) is 4.38. The van der Waals surface area contributed by atoms with E-state index in [4.69, 9.17) is 0 Å². The van der Waals surface area contributed by atoms with Crippen LogP contribution in [0.2, 0.25) is 0 Å². The normalized spacial score (nSPS) is 13.9. The van der Waals surface area contributed by atoms with Gasteiger partial charge in [-0.2, -0.15) is 0 Å². The summed E-state index contributed by atoms with van der Waals surface area (Å²) in [4.78, 5) is 37.2. The third kappa shape index (κ3) is 3.12. The predicted octanol–water partition coefficient (Wildman–Crippen LogP) is 4.31. The van der Waals surface area contributed by atoms with Crippen LogP contribution in [-0.2, 0) is 12.0 Å². The molecule has 1 heterocycles. The number of aryl methyl sites for hydroxylation is 2. The van der Waals surface area contributed by atoms with E-state index in [1.807, 2.05) is 13.8 Å². The molecule has 2 amide bonds. The van der Waals surface area contributed by atoms with Gasteiger partial charge in [0.2, 0.25) is 0 Å². The van der Waals surface area contributed by atoms with Gasteiger partial charge in [0.1, 0.15) is 5.56 Å². The van der Waals surface area contributed by atoms with E-state index in [1.165, 1.54) is 23.8 Å². The summed E-state index contributed by atoms with van der Waals surface area (Å²) in [7, 11) is 0. The van der Waals surface area contributed by atoms with Crippen LogP contribution in [0.3, 0.4) is 0 Å². The molecule has 0 unspecified atom stereocenters. The van der Waals surface area contributed by atoms with Crippen LogP contribution in [0, 0.1) is 24.0 Å². The summed E-state index contributed by atoms with van der Waals surface area (Å²) >= 11 is 0. The van der Waals surface area contributed by atoms with Crippen molar-refractivity contribution in [3.8, 4) is 0 Å². The topological polar surface area (TPSA) is 80.5 Å². The van der Waals surface area contributed by atoms with Gasteiger partial charge in [0.05, 0.1) is 17.0 Å². The van der Waals surface area contributed by atoms with E-state index in [0.717, 1.165) is 21.6 Å². The third-order valence-electron chi connectivity index (χ3n) is 5.05. The second kappa shape index (κ2) is 6.30. The van der Waals surface area contributed by atoms with Gasteiger partial charge in [0, 0.05) is 6.07 Å². The molecule has 6 heteroatoms. The molecule has 1 aliphatic rings. The molecule has 0 bridgehead atoms. The molecule has 2 aromatic rings. The van der Waals surface area contributed by atoms with Gasteiger partial charge in [-0.05, 0) is 47.6 Å². The van der Waals surface area contributed by atoms with Crippen LogP contribution in [0.5, 0.6) is 0 Å². The zero-order chi connectivity index (χ0) is 20.1. The molecule has 0 spiro atoms. The molecule has 0 aromatic heterocycles. The summed E-state index contributed by atoms with van der Waals surface area (Å²) in [5.41, 5.74) is 3.69. The van der Waals surface area contributed by atoms with E-state index in [2.05, 4.69) is 32.9 Å². The second-order valence-corrected chi connectivity index (χ2v) is 7.99. The molecule has 0 atom stereocenters. The minimum absolute atomic E-state index is 0.00974. The van der Waals surface area contributed by atoms with Gasteiger partial charge in [-0.3, -0.25) is 24.6 Å². The van der Waals surface area contributed by atoms with E-state index in [1.54, 1.807) is 0 Å². The molecule has 140 valence electrons. The van der Waals surface area contributed by atoms with Crippen molar-refractivity contribution >= 4 is 17.5 Å². The van der Waals surface area contributed by atoms with Crippen molar-refractivity contribution in [1.82, 2.24) is 4.90 Å². The number of nitro benzene ring substituents is 1. The first kappa shape index (κ1) is 18.8. The number of carbonyl (C=O) groups is 2. The third-order valence-corrected chi connectivity index (χ3v) is 5.05. The zero-order valence-electron chi connectivity index (χ0n) is 16.1. The Balaban J connectivity index is 2.01. The van der Waals surface area contributed by atoms with Crippen molar-refractivity contribution in [3.63, 3.8) is 0 Å². The van der Waals surface area contributed by atoms with Gasteiger partial charge in [-0.15, -0.1) is 0 Å².